The molecule has 2 aliphatic heterocycles. The summed E-state index contributed by atoms with van der Waals surface area (Å²) in [6.07, 6.45) is 6.04. The van der Waals surface area contributed by atoms with Gasteiger partial charge >= 0.3 is 0 Å². The van der Waals surface area contributed by atoms with E-state index in [1.807, 2.05) is 18.2 Å². The molecule has 178 valence electrons. The van der Waals surface area contributed by atoms with Crippen molar-refractivity contribution in [2.45, 2.75) is 38.1 Å². The summed E-state index contributed by atoms with van der Waals surface area (Å²) in [5.41, 5.74) is 3.77. The Kier molecular flexibility index (Phi) is 8.73. The van der Waals surface area contributed by atoms with Crippen LogP contribution in [0.15, 0.2) is 36.5 Å². The van der Waals surface area contributed by atoms with Crippen LogP contribution >= 0.6 is 11.6 Å². The lowest BCUT2D eigenvalue weighted by atomic mass is 9.89. The van der Waals surface area contributed by atoms with Crippen molar-refractivity contribution in [3.05, 3.63) is 47.2 Å². The first kappa shape index (κ1) is 24.1. The number of pyridine rings is 1. The number of anilines is 1. The highest BCUT2D eigenvalue weighted by Gasteiger charge is 2.26. The molecule has 0 radical (unpaired) electrons. The first-order valence-corrected chi connectivity index (χ1v) is 12.3. The van der Waals surface area contributed by atoms with Crippen LogP contribution in [0.25, 0.3) is 11.1 Å². The summed E-state index contributed by atoms with van der Waals surface area (Å²) in [5.74, 6) is 0.895. The maximum atomic E-state index is 12.9. The number of halogens is 1. The molecule has 2 saturated heterocycles. The van der Waals surface area contributed by atoms with Gasteiger partial charge in [-0.2, -0.15) is 0 Å². The van der Waals surface area contributed by atoms with E-state index in [1.54, 1.807) is 13.3 Å². The molecule has 2 aliphatic rings. The van der Waals surface area contributed by atoms with Crippen LogP contribution in [0.3, 0.4) is 0 Å². The summed E-state index contributed by atoms with van der Waals surface area (Å²) in [5, 5.41) is 7.58. The lowest BCUT2D eigenvalue weighted by Crippen LogP contribution is -2.44. The van der Waals surface area contributed by atoms with Gasteiger partial charge in [-0.15, -0.1) is 0 Å². The van der Waals surface area contributed by atoms with Crippen molar-refractivity contribution in [3.63, 3.8) is 0 Å². The molecule has 2 aromatic rings. The van der Waals surface area contributed by atoms with Crippen LogP contribution < -0.4 is 10.6 Å². The number of benzene rings is 1. The number of piperidine rings is 1. The molecule has 2 N–H and O–H groups in total. The number of ether oxygens (including phenoxy) is 2. The Morgan fingerprint density at radius 2 is 2.09 bits per heavy atom. The minimum Gasteiger partial charge on any atom is -0.385 e. The number of ketones is 1. The van der Waals surface area contributed by atoms with Gasteiger partial charge in [-0.1, -0.05) is 23.7 Å². The van der Waals surface area contributed by atoms with E-state index in [-0.39, 0.29) is 11.7 Å². The zero-order valence-electron chi connectivity index (χ0n) is 19.3. The van der Waals surface area contributed by atoms with E-state index < -0.39 is 0 Å². The molecule has 0 bridgehead atoms. The van der Waals surface area contributed by atoms with E-state index in [2.05, 4.69) is 27.8 Å². The Morgan fingerprint density at radius 1 is 1.24 bits per heavy atom. The van der Waals surface area contributed by atoms with Gasteiger partial charge in [0.25, 0.3) is 0 Å². The number of rotatable bonds is 9. The lowest BCUT2D eigenvalue weighted by molar-refractivity contribution is -0.123. The van der Waals surface area contributed by atoms with E-state index in [1.165, 1.54) is 0 Å². The van der Waals surface area contributed by atoms with Crippen LogP contribution in [0, 0.1) is 11.8 Å². The number of Topliss-reactive ketones (excluding diaryl/α,β-unsaturated/α-hetero) is 1. The third kappa shape index (κ3) is 6.76. The number of carbonyl (C=O) groups excluding carboxylic acids is 1. The van der Waals surface area contributed by atoms with Gasteiger partial charge in [-0.25, -0.2) is 0 Å². The molecule has 3 heterocycles. The standard InChI is InChI=1S/C26H34ClN3O3/c1-32-17-22-6-5-20(15-29-22)26(31)13-23-12-24(25(27)16-30-23)19-3-2-4-21(11-19)28-14-18-7-9-33-10-8-18/h2-4,11-12,16,18,20,22,28-29H,5-10,13-15,17H2,1H3/t20-,22+/m1/s1. The van der Waals surface area contributed by atoms with Crippen LogP contribution in [0.1, 0.15) is 31.4 Å². The van der Waals surface area contributed by atoms with E-state index in [9.17, 15) is 4.79 Å². The van der Waals surface area contributed by atoms with Gasteiger partial charge < -0.3 is 20.1 Å². The molecule has 0 amide bonds. The van der Waals surface area contributed by atoms with Crippen molar-refractivity contribution < 1.29 is 14.3 Å². The number of hydrogen-bond acceptors (Lipinski definition) is 6. The average molecular weight is 472 g/mol. The zero-order chi connectivity index (χ0) is 23.0. The molecule has 0 unspecified atom stereocenters. The first-order chi connectivity index (χ1) is 16.1. The summed E-state index contributed by atoms with van der Waals surface area (Å²) in [7, 11) is 1.71. The number of hydrogen-bond donors (Lipinski definition) is 2. The zero-order valence-corrected chi connectivity index (χ0v) is 20.1. The van der Waals surface area contributed by atoms with Gasteiger partial charge in [0.1, 0.15) is 5.78 Å². The lowest BCUT2D eigenvalue weighted by Gasteiger charge is -2.28. The third-order valence-corrected chi connectivity index (χ3v) is 7.02. The Hall–Kier alpha value is -1.99. The summed E-state index contributed by atoms with van der Waals surface area (Å²) in [6.45, 7) is 4.04. The Morgan fingerprint density at radius 3 is 2.85 bits per heavy atom. The molecule has 2 atom stereocenters. The smallest absolute Gasteiger partial charge is 0.143 e. The van der Waals surface area contributed by atoms with E-state index in [0.29, 0.717) is 36.6 Å². The first-order valence-electron chi connectivity index (χ1n) is 11.9. The number of nitrogens with zero attached hydrogens (tertiary/aromatic N) is 1. The SMILES string of the molecule is COC[C@@H]1CC[C@@H](C(=O)Cc2cc(-c3cccc(NCC4CCOCC4)c3)c(Cl)cn2)CN1. The van der Waals surface area contributed by atoms with Crippen LogP contribution in [0.2, 0.25) is 5.02 Å². The molecule has 0 aliphatic carbocycles. The molecule has 0 spiro atoms. The Labute approximate surface area is 201 Å². The number of methoxy groups -OCH3 is 1. The summed E-state index contributed by atoms with van der Waals surface area (Å²) < 4.78 is 10.7. The Bertz CT molecular complexity index is 925. The normalized spacial score (nSPS) is 21.6. The van der Waals surface area contributed by atoms with E-state index >= 15 is 0 Å². The van der Waals surface area contributed by atoms with Gasteiger partial charge in [0.2, 0.25) is 0 Å². The van der Waals surface area contributed by atoms with Crippen LogP contribution in [-0.4, -0.2) is 56.8 Å². The monoisotopic (exact) mass is 471 g/mol. The third-order valence-electron chi connectivity index (χ3n) is 6.72. The van der Waals surface area contributed by atoms with Crippen LogP contribution in [0.5, 0.6) is 0 Å². The average Bonchev–Trinajstić information content (AvgIpc) is 2.85. The minimum absolute atomic E-state index is 0.0248. The maximum Gasteiger partial charge on any atom is 0.143 e. The Balaban J connectivity index is 1.39. The van der Waals surface area contributed by atoms with Crippen molar-refractivity contribution >= 4 is 23.1 Å². The van der Waals surface area contributed by atoms with Crippen LogP contribution in [-0.2, 0) is 20.7 Å². The largest absolute Gasteiger partial charge is 0.385 e. The minimum atomic E-state index is 0.0248. The number of nitrogens with one attached hydrogen (secondary N) is 2. The fraction of sp³-hybridized carbons (Fsp3) is 0.538. The van der Waals surface area contributed by atoms with E-state index in [0.717, 1.165) is 68.0 Å². The molecular formula is C26H34ClN3O3. The molecule has 4 rings (SSSR count). The van der Waals surface area contributed by atoms with E-state index in [4.69, 9.17) is 21.1 Å². The van der Waals surface area contributed by atoms with Crippen molar-refractivity contribution in [2.24, 2.45) is 11.8 Å². The van der Waals surface area contributed by atoms with Crippen molar-refractivity contribution in [1.82, 2.24) is 10.3 Å². The summed E-state index contributed by atoms with van der Waals surface area (Å²) in [6, 6.07) is 10.6. The van der Waals surface area contributed by atoms with Gasteiger partial charge in [-0.3, -0.25) is 9.78 Å². The van der Waals surface area contributed by atoms with Crippen LogP contribution in [0.4, 0.5) is 5.69 Å². The van der Waals surface area contributed by atoms with Gasteiger partial charge in [0.05, 0.1) is 11.6 Å². The second-order valence-corrected chi connectivity index (χ2v) is 9.56. The highest BCUT2D eigenvalue weighted by atomic mass is 35.5. The van der Waals surface area contributed by atoms with Crippen molar-refractivity contribution in [2.75, 3.05) is 45.3 Å². The molecule has 33 heavy (non-hydrogen) atoms. The van der Waals surface area contributed by atoms with Gasteiger partial charge in [0.15, 0.2) is 0 Å². The molecular weight excluding hydrogens is 438 g/mol. The second-order valence-electron chi connectivity index (χ2n) is 9.15. The highest BCUT2D eigenvalue weighted by molar-refractivity contribution is 6.33. The highest BCUT2D eigenvalue weighted by Crippen LogP contribution is 2.30. The summed E-state index contributed by atoms with van der Waals surface area (Å²) >= 11 is 6.51. The fourth-order valence-electron chi connectivity index (χ4n) is 4.67. The topological polar surface area (TPSA) is 72.5 Å². The molecule has 0 saturated carbocycles. The predicted octanol–water partition coefficient (Wildman–Crippen LogP) is 4.37. The molecule has 1 aromatic carbocycles. The fourth-order valence-corrected chi connectivity index (χ4v) is 4.88. The number of aromatic nitrogens is 1. The molecule has 7 heteroatoms. The van der Waals surface area contributed by atoms with Crippen molar-refractivity contribution in [3.8, 4) is 11.1 Å². The van der Waals surface area contributed by atoms with Gasteiger partial charge in [-0.05, 0) is 55.4 Å². The quantitative estimate of drug-likeness (QED) is 0.566. The summed E-state index contributed by atoms with van der Waals surface area (Å²) in [4.78, 5) is 17.3. The van der Waals surface area contributed by atoms with Gasteiger partial charge in [0, 0.05) is 74.9 Å². The number of carbonyl (C=O) groups is 1. The molecule has 6 nitrogen and oxygen atoms in total. The molecule has 2 fully saturated rings. The van der Waals surface area contributed by atoms with Crippen molar-refractivity contribution in [1.29, 1.82) is 0 Å². The maximum absolute atomic E-state index is 12.9. The predicted molar refractivity (Wildman–Crippen MR) is 132 cm³/mol. The second kappa shape index (κ2) is 11.9. The molecule has 1 aromatic heterocycles.